The highest BCUT2D eigenvalue weighted by Gasteiger charge is 2.17. The summed E-state index contributed by atoms with van der Waals surface area (Å²) in [5, 5.41) is 12.8. The first-order chi connectivity index (χ1) is 16.7. The van der Waals surface area contributed by atoms with Crippen molar-refractivity contribution in [3.8, 4) is 21.8 Å². The number of aryl methyl sites for hydroxylation is 1. The summed E-state index contributed by atoms with van der Waals surface area (Å²) >= 11 is 1.41. The van der Waals surface area contributed by atoms with E-state index in [4.69, 9.17) is 0 Å². The van der Waals surface area contributed by atoms with Gasteiger partial charge in [0.05, 0.1) is 11.4 Å². The third kappa shape index (κ3) is 4.99. The van der Waals surface area contributed by atoms with Crippen molar-refractivity contribution in [3.05, 3.63) is 77.3 Å². The van der Waals surface area contributed by atoms with Gasteiger partial charge in [-0.2, -0.15) is 0 Å². The molecule has 0 bridgehead atoms. The van der Waals surface area contributed by atoms with Crippen molar-refractivity contribution in [2.45, 2.75) is 32.6 Å². The Bertz CT molecular complexity index is 1240. The van der Waals surface area contributed by atoms with Gasteiger partial charge in [-0.1, -0.05) is 55.3 Å². The lowest BCUT2D eigenvalue weighted by molar-refractivity contribution is 0.103. The van der Waals surface area contributed by atoms with E-state index in [-0.39, 0.29) is 5.91 Å². The van der Waals surface area contributed by atoms with Crippen LogP contribution >= 0.6 is 11.3 Å². The molecule has 6 nitrogen and oxygen atoms in total. The molecule has 172 valence electrons. The number of hydrogen-bond donors (Lipinski definition) is 1. The van der Waals surface area contributed by atoms with Gasteiger partial charge in [-0.05, 0) is 44.0 Å². The van der Waals surface area contributed by atoms with E-state index >= 15 is 0 Å². The molecule has 0 atom stereocenters. The van der Waals surface area contributed by atoms with Gasteiger partial charge in [0.25, 0.3) is 5.91 Å². The molecular formula is C27H27N5OS. The van der Waals surface area contributed by atoms with Gasteiger partial charge in [0, 0.05) is 29.9 Å². The highest BCUT2D eigenvalue weighted by atomic mass is 32.1. The molecule has 0 aliphatic carbocycles. The summed E-state index contributed by atoms with van der Waals surface area (Å²) in [5.74, 6) is 0.802. The molecule has 1 fully saturated rings. The fraction of sp³-hybridized carbons (Fsp3) is 0.259. The van der Waals surface area contributed by atoms with Crippen molar-refractivity contribution < 1.29 is 4.79 Å². The Kier molecular flexibility index (Phi) is 6.62. The number of amides is 1. The molecule has 1 saturated heterocycles. The number of nitrogens with zero attached hydrogens (tertiary/aromatic N) is 4. The first kappa shape index (κ1) is 22.2. The molecule has 3 heterocycles. The van der Waals surface area contributed by atoms with Crippen LogP contribution < -0.4 is 10.2 Å². The van der Waals surface area contributed by atoms with Gasteiger partial charge in [0.15, 0.2) is 5.82 Å². The SMILES string of the molecule is Cc1nc(-c2ccccc2)sc1C(=O)Nc1ccc(-c2ccc(N3CCCCCC3)nn2)cc1. The van der Waals surface area contributed by atoms with Crippen molar-refractivity contribution in [2.75, 3.05) is 23.3 Å². The van der Waals surface area contributed by atoms with Crippen molar-refractivity contribution in [1.29, 1.82) is 0 Å². The molecule has 0 saturated carbocycles. The normalized spacial score (nSPS) is 14.0. The Labute approximate surface area is 203 Å². The number of hydrogen-bond acceptors (Lipinski definition) is 6. The number of anilines is 2. The molecule has 1 amide bonds. The van der Waals surface area contributed by atoms with E-state index in [2.05, 4.69) is 31.5 Å². The summed E-state index contributed by atoms with van der Waals surface area (Å²) in [5.41, 5.74) is 4.27. The lowest BCUT2D eigenvalue weighted by Crippen LogP contribution is -2.25. The fourth-order valence-electron chi connectivity index (χ4n) is 4.17. The van der Waals surface area contributed by atoms with Crippen LogP contribution in [0.25, 0.3) is 21.8 Å². The monoisotopic (exact) mass is 469 g/mol. The number of thiazole rings is 1. The van der Waals surface area contributed by atoms with Crippen LogP contribution in [-0.2, 0) is 0 Å². The van der Waals surface area contributed by atoms with Crippen LogP contribution in [0.5, 0.6) is 0 Å². The third-order valence-electron chi connectivity index (χ3n) is 6.04. The molecule has 34 heavy (non-hydrogen) atoms. The van der Waals surface area contributed by atoms with Crippen LogP contribution in [0.15, 0.2) is 66.7 Å². The zero-order valence-electron chi connectivity index (χ0n) is 19.2. The summed E-state index contributed by atoms with van der Waals surface area (Å²) in [7, 11) is 0. The second kappa shape index (κ2) is 10.1. The van der Waals surface area contributed by atoms with Gasteiger partial charge in [0.1, 0.15) is 9.88 Å². The molecule has 1 aliphatic rings. The molecule has 0 unspecified atom stereocenters. The quantitative estimate of drug-likeness (QED) is 0.376. The van der Waals surface area contributed by atoms with Gasteiger partial charge >= 0.3 is 0 Å². The van der Waals surface area contributed by atoms with Crippen LogP contribution in [0, 0.1) is 6.92 Å². The van der Waals surface area contributed by atoms with Crippen LogP contribution in [0.2, 0.25) is 0 Å². The molecule has 2 aromatic heterocycles. The molecule has 0 spiro atoms. The van der Waals surface area contributed by atoms with Gasteiger partial charge < -0.3 is 10.2 Å². The average Bonchev–Trinajstić information content (AvgIpc) is 3.08. The molecule has 1 aliphatic heterocycles. The van der Waals surface area contributed by atoms with E-state index in [1.807, 2.05) is 67.6 Å². The molecule has 1 N–H and O–H groups in total. The lowest BCUT2D eigenvalue weighted by Gasteiger charge is -2.20. The average molecular weight is 470 g/mol. The highest BCUT2D eigenvalue weighted by molar-refractivity contribution is 7.17. The molecule has 0 radical (unpaired) electrons. The summed E-state index contributed by atoms with van der Waals surface area (Å²) < 4.78 is 0. The Morgan fingerprint density at radius 3 is 2.26 bits per heavy atom. The molecule has 7 heteroatoms. The van der Waals surface area contributed by atoms with Crippen molar-refractivity contribution >= 4 is 28.7 Å². The lowest BCUT2D eigenvalue weighted by atomic mass is 10.1. The minimum Gasteiger partial charge on any atom is -0.355 e. The maximum Gasteiger partial charge on any atom is 0.267 e. The highest BCUT2D eigenvalue weighted by Crippen LogP contribution is 2.29. The van der Waals surface area contributed by atoms with E-state index in [1.165, 1.54) is 37.0 Å². The summed E-state index contributed by atoms with van der Waals surface area (Å²) in [6, 6.07) is 21.7. The first-order valence-electron chi connectivity index (χ1n) is 11.7. The van der Waals surface area contributed by atoms with Crippen molar-refractivity contribution in [1.82, 2.24) is 15.2 Å². The van der Waals surface area contributed by atoms with E-state index in [9.17, 15) is 4.79 Å². The summed E-state index contributed by atoms with van der Waals surface area (Å²) in [6.07, 6.45) is 5.01. The first-order valence-corrected chi connectivity index (χ1v) is 12.5. The van der Waals surface area contributed by atoms with Crippen LogP contribution in [0.1, 0.15) is 41.0 Å². The van der Waals surface area contributed by atoms with E-state index in [0.29, 0.717) is 4.88 Å². The number of benzene rings is 2. The largest absolute Gasteiger partial charge is 0.355 e. The van der Waals surface area contributed by atoms with Crippen molar-refractivity contribution in [2.24, 2.45) is 0 Å². The minimum absolute atomic E-state index is 0.147. The third-order valence-corrected chi connectivity index (χ3v) is 7.25. The predicted molar refractivity (Wildman–Crippen MR) is 138 cm³/mol. The fourth-order valence-corrected chi connectivity index (χ4v) is 5.14. The number of carbonyl (C=O) groups is 1. The second-order valence-electron chi connectivity index (χ2n) is 8.51. The Morgan fingerprint density at radius 1 is 0.853 bits per heavy atom. The van der Waals surface area contributed by atoms with E-state index in [0.717, 1.165) is 52.1 Å². The minimum atomic E-state index is -0.147. The molecule has 2 aromatic carbocycles. The van der Waals surface area contributed by atoms with E-state index < -0.39 is 0 Å². The second-order valence-corrected chi connectivity index (χ2v) is 9.51. The smallest absolute Gasteiger partial charge is 0.267 e. The molecular weight excluding hydrogens is 442 g/mol. The zero-order valence-corrected chi connectivity index (χ0v) is 20.0. The maximum absolute atomic E-state index is 12.9. The Hall–Kier alpha value is -3.58. The molecule has 4 aromatic rings. The number of nitrogens with one attached hydrogen (secondary N) is 1. The standard InChI is InChI=1S/C27H27N5OS/c1-19-25(34-27(28-19)21-9-5-4-6-10-21)26(33)29-22-13-11-20(12-14-22)23-15-16-24(31-30-23)32-17-7-2-3-8-18-32/h4-6,9-16H,2-3,7-8,17-18H2,1H3,(H,29,33). The molecule has 5 rings (SSSR count). The van der Waals surface area contributed by atoms with Crippen molar-refractivity contribution in [3.63, 3.8) is 0 Å². The summed E-state index contributed by atoms with van der Waals surface area (Å²) in [6.45, 7) is 3.97. The van der Waals surface area contributed by atoms with Gasteiger partial charge in [0.2, 0.25) is 0 Å². The maximum atomic E-state index is 12.9. The predicted octanol–water partition coefficient (Wildman–Crippen LogP) is 6.21. The van der Waals surface area contributed by atoms with Crippen LogP contribution in [0.3, 0.4) is 0 Å². The summed E-state index contributed by atoms with van der Waals surface area (Å²) in [4.78, 5) is 20.4. The number of carbonyl (C=O) groups excluding carboxylic acids is 1. The Morgan fingerprint density at radius 2 is 1.59 bits per heavy atom. The Balaban J connectivity index is 1.26. The zero-order chi connectivity index (χ0) is 23.3. The van der Waals surface area contributed by atoms with Gasteiger partial charge in [-0.3, -0.25) is 4.79 Å². The van der Waals surface area contributed by atoms with E-state index in [1.54, 1.807) is 0 Å². The van der Waals surface area contributed by atoms with Crippen LogP contribution in [-0.4, -0.2) is 34.2 Å². The van der Waals surface area contributed by atoms with Gasteiger partial charge in [-0.25, -0.2) is 4.98 Å². The number of rotatable bonds is 5. The van der Waals surface area contributed by atoms with Gasteiger partial charge in [-0.15, -0.1) is 21.5 Å². The number of aromatic nitrogens is 3. The van der Waals surface area contributed by atoms with Crippen LogP contribution in [0.4, 0.5) is 11.5 Å². The topological polar surface area (TPSA) is 71.0 Å².